The molecule has 1 aromatic rings. The van der Waals surface area contributed by atoms with Crippen molar-refractivity contribution in [3.63, 3.8) is 0 Å². The van der Waals surface area contributed by atoms with Gasteiger partial charge in [0.2, 0.25) is 0 Å². The third-order valence-corrected chi connectivity index (χ3v) is 1.85. The van der Waals surface area contributed by atoms with Gasteiger partial charge in [0.15, 0.2) is 0 Å². The number of hydrogen-bond acceptors (Lipinski definition) is 3. The number of nitrogens with zero attached hydrogens (tertiary/aromatic N) is 2. The van der Waals surface area contributed by atoms with E-state index in [9.17, 15) is 0 Å². The summed E-state index contributed by atoms with van der Waals surface area (Å²) in [5.41, 5.74) is 2.69. The third-order valence-electron chi connectivity index (χ3n) is 1.85. The van der Waals surface area contributed by atoms with Gasteiger partial charge in [0.05, 0.1) is 6.04 Å². The second kappa shape index (κ2) is 4.65. The van der Waals surface area contributed by atoms with Crippen molar-refractivity contribution < 1.29 is 0 Å². The van der Waals surface area contributed by atoms with Gasteiger partial charge in [-0.25, -0.2) is 10.4 Å². The highest BCUT2D eigenvalue weighted by Crippen LogP contribution is 2.11. The molecule has 0 aliphatic rings. The Morgan fingerprint density at radius 2 is 2.54 bits per heavy atom. The Bertz CT molecular complexity index is 318. The number of imidazole rings is 1. The molecule has 0 fully saturated rings. The summed E-state index contributed by atoms with van der Waals surface area (Å²) in [6.07, 6.45) is 4.32. The van der Waals surface area contributed by atoms with Crippen LogP contribution >= 0.6 is 0 Å². The summed E-state index contributed by atoms with van der Waals surface area (Å²) in [7, 11) is 1.94. The minimum atomic E-state index is 0.00690. The lowest BCUT2D eigenvalue weighted by Crippen LogP contribution is -2.29. The zero-order valence-corrected chi connectivity index (χ0v) is 7.91. The first-order valence-corrected chi connectivity index (χ1v) is 4.12. The Balaban J connectivity index is 2.76. The van der Waals surface area contributed by atoms with Crippen molar-refractivity contribution in [3.8, 4) is 11.8 Å². The van der Waals surface area contributed by atoms with Gasteiger partial charge < -0.3 is 4.57 Å². The van der Waals surface area contributed by atoms with E-state index in [4.69, 9.17) is 5.84 Å². The Hall–Kier alpha value is -1.31. The zero-order valence-electron chi connectivity index (χ0n) is 7.91. The molecule has 0 spiro atoms. The lowest BCUT2D eigenvalue weighted by atomic mass is 10.2. The summed E-state index contributed by atoms with van der Waals surface area (Å²) in [5, 5.41) is 0. The highest BCUT2D eigenvalue weighted by atomic mass is 15.3. The average Bonchev–Trinajstić information content (AvgIpc) is 2.54. The van der Waals surface area contributed by atoms with Crippen LogP contribution in [0.5, 0.6) is 0 Å². The van der Waals surface area contributed by atoms with E-state index in [-0.39, 0.29) is 6.04 Å². The molecule has 0 saturated carbocycles. The van der Waals surface area contributed by atoms with Crippen molar-refractivity contribution in [1.82, 2.24) is 15.0 Å². The number of aromatic nitrogens is 2. The lowest BCUT2D eigenvalue weighted by Gasteiger charge is -2.12. The molecule has 0 saturated heterocycles. The van der Waals surface area contributed by atoms with Crippen molar-refractivity contribution in [3.05, 3.63) is 18.2 Å². The van der Waals surface area contributed by atoms with Crippen LogP contribution in [0.25, 0.3) is 0 Å². The van der Waals surface area contributed by atoms with Crippen LogP contribution < -0.4 is 11.3 Å². The van der Waals surface area contributed by atoms with Gasteiger partial charge in [-0.2, -0.15) is 0 Å². The lowest BCUT2D eigenvalue weighted by molar-refractivity contribution is 0.520. The van der Waals surface area contributed by atoms with E-state index in [2.05, 4.69) is 22.3 Å². The van der Waals surface area contributed by atoms with E-state index in [1.165, 1.54) is 0 Å². The summed E-state index contributed by atoms with van der Waals surface area (Å²) in [4.78, 5) is 4.19. The van der Waals surface area contributed by atoms with Gasteiger partial charge in [-0.05, 0) is 6.92 Å². The van der Waals surface area contributed by atoms with E-state index in [1.54, 1.807) is 6.20 Å². The van der Waals surface area contributed by atoms with E-state index in [0.29, 0.717) is 6.42 Å². The Morgan fingerprint density at radius 1 is 1.77 bits per heavy atom. The first-order valence-electron chi connectivity index (χ1n) is 4.12. The minimum Gasteiger partial charge on any atom is -0.337 e. The zero-order chi connectivity index (χ0) is 9.68. The van der Waals surface area contributed by atoms with Gasteiger partial charge in [-0.3, -0.25) is 5.84 Å². The number of rotatable bonds is 3. The van der Waals surface area contributed by atoms with Gasteiger partial charge in [0, 0.05) is 25.9 Å². The predicted molar refractivity (Wildman–Crippen MR) is 51.3 cm³/mol. The van der Waals surface area contributed by atoms with Crippen molar-refractivity contribution in [2.24, 2.45) is 12.9 Å². The second-order valence-corrected chi connectivity index (χ2v) is 2.75. The summed E-state index contributed by atoms with van der Waals surface area (Å²) < 4.78 is 1.93. The van der Waals surface area contributed by atoms with E-state index < -0.39 is 0 Å². The number of hydrogen-bond donors (Lipinski definition) is 2. The van der Waals surface area contributed by atoms with Crippen LogP contribution in [0.15, 0.2) is 12.4 Å². The fraction of sp³-hybridized carbons (Fsp3) is 0.444. The molecule has 1 atom stereocenters. The van der Waals surface area contributed by atoms with Gasteiger partial charge in [0.25, 0.3) is 0 Å². The molecule has 1 rings (SSSR count). The Morgan fingerprint density at radius 3 is 3.00 bits per heavy atom. The van der Waals surface area contributed by atoms with Gasteiger partial charge >= 0.3 is 0 Å². The number of nitrogens with one attached hydrogen (secondary N) is 1. The number of nitrogens with two attached hydrogens (primary N) is 1. The summed E-state index contributed by atoms with van der Waals surface area (Å²) in [6, 6.07) is 0.00690. The van der Waals surface area contributed by atoms with Crippen molar-refractivity contribution in [2.75, 3.05) is 0 Å². The summed E-state index contributed by atoms with van der Waals surface area (Å²) in [5.74, 6) is 12.1. The quantitative estimate of drug-likeness (QED) is 0.398. The highest BCUT2D eigenvalue weighted by molar-refractivity contribution is 5.05. The van der Waals surface area contributed by atoms with Gasteiger partial charge in [-0.15, -0.1) is 11.8 Å². The third kappa shape index (κ3) is 2.31. The minimum absolute atomic E-state index is 0.00690. The van der Waals surface area contributed by atoms with Gasteiger partial charge in [0.1, 0.15) is 5.82 Å². The molecular formula is C9H14N4. The standard InChI is InChI=1S/C9H14N4/c1-3-4-5-8(12-10)9-11-6-7-13(9)2/h6-8,12H,5,10H2,1-2H3. The maximum absolute atomic E-state index is 5.40. The maximum Gasteiger partial charge on any atom is 0.127 e. The smallest absolute Gasteiger partial charge is 0.127 e. The molecule has 0 aliphatic carbocycles. The molecular weight excluding hydrogens is 164 g/mol. The summed E-state index contributed by atoms with van der Waals surface area (Å²) in [6.45, 7) is 1.81. The van der Waals surface area contributed by atoms with Crippen LogP contribution in [0.4, 0.5) is 0 Å². The fourth-order valence-electron chi connectivity index (χ4n) is 1.14. The van der Waals surface area contributed by atoms with Crippen LogP contribution in [0.3, 0.4) is 0 Å². The monoisotopic (exact) mass is 178 g/mol. The molecule has 0 aromatic carbocycles. The molecule has 1 unspecified atom stereocenters. The molecule has 0 radical (unpaired) electrons. The first kappa shape index (κ1) is 9.78. The summed E-state index contributed by atoms with van der Waals surface area (Å²) >= 11 is 0. The molecule has 4 heteroatoms. The van der Waals surface area contributed by atoms with Crippen molar-refractivity contribution in [1.29, 1.82) is 0 Å². The van der Waals surface area contributed by atoms with Crippen LogP contribution in [0.2, 0.25) is 0 Å². The Labute approximate surface area is 78.1 Å². The molecule has 1 heterocycles. The van der Waals surface area contributed by atoms with Crippen LogP contribution in [-0.4, -0.2) is 9.55 Å². The van der Waals surface area contributed by atoms with Gasteiger partial charge in [-0.1, -0.05) is 0 Å². The molecule has 4 nitrogen and oxygen atoms in total. The van der Waals surface area contributed by atoms with E-state index in [0.717, 1.165) is 5.82 Å². The predicted octanol–water partition coefficient (Wildman–Crippen LogP) is 0.338. The van der Waals surface area contributed by atoms with Crippen LogP contribution in [0.1, 0.15) is 25.2 Å². The molecule has 0 amide bonds. The normalized spacial score (nSPS) is 11.9. The van der Waals surface area contributed by atoms with Crippen molar-refractivity contribution in [2.45, 2.75) is 19.4 Å². The topological polar surface area (TPSA) is 55.9 Å². The van der Waals surface area contributed by atoms with E-state index in [1.807, 2.05) is 24.7 Å². The highest BCUT2D eigenvalue weighted by Gasteiger charge is 2.11. The molecule has 70 valence electrons. The number of aryl methyl sites for hydroxylation is 1. The molecule has 1 aromatic heterocycles. The molecule has 13 heavy (non-hydrogen) atoms. The fourth-order valence-corrected chi connectivity index (χ4v) is 1.14. The average molecular weight is 178 g/mol. The molecule has 3 N–H and O–H groups in total. The van der Waals surface area contributed by atoms with E-state index >= 15 is 0 Å². The Kier molecular flexibility index (Phi) is 3.50. The van der Waals surface area contributed by atoms with Crippen LogP contribution in [0, 0.1) is 11.8 Å². The van der Waals surface area contributed by atoms with Crippen molar-refractivity contribution >= 4 is 0 Å². The molecule has 0 bridgehead atoms. The SMILES string of the molecule is CC#CCC(NN)c1nccn1C. The second-order valence-electron chi connectivity index (χ2n) is 2.75. The maximum atomic E-state index is 5.40. The first-order chi connectivity index (χ1) is 6.29. The molecule has 0 aliphatic heterocycles. The van der Waals surface area contributed by atoms with Crippen LogP contribution in [-0.2, 0) is 7.05 Å². The largest absolute Gasteiger partial charge is 0.337 e. The number of hydrazine groups is 1.